The highest BCUT2D eigenvalue weighted by molar-refractivity contribution is 4.83. The number of aliphatic hydroxyl groups excluding tert-OH is 1. The van der Waals surface area contributed by atoms with E-state index in [9.17, 15) is 5.11 Å². The first-order chi connectivity index (χ1) is 7.15. The van der Waals surface area contributed by atoms with E-state index in [1.54, 1.807) is 0 Å². The van der Waals surface area contributed by atoms with Gasteiger partial charge in [-0.25, -0.2) is 0 Å². The smallest absolute Gasteiger partial charge is 0.0680 e. The van der Waals surface area contributed by atoms with Crippen LogP contribution in [0.2, 0.25) is 0 Å². The molecule has 0 aliphatic carbocycles. The molecule has 0 aromatic rings. The largest absolute Gasteiger partial charge is 0.392 e. The Balaban J connectivity index is 2.27. The van der Waals surface area contributed by atoms with Crippen molar-refractivity contribution in [1.82, 2.24) is 10.2 Å². The number of aliphatic hydroxyl groups is 1. The first-order valence-corrected chi connectivity index (χ1v) is 6.29. The summed E-state index contributed by atoms with van der Waals surface area (Å²) in [6.45, 7) is 10.9. The fourth-order valence-corrected chi connectivity index (χ4v) is 2.15. The second kappa shape index (κ2) is 6.46. The number of hydrogen-bond acceptors (Lipinski definition) is 3. The van der Waals surface area contributed by atoms with E-state index < -0.39 is 0 Å². The lowest BCUT2D eigenvalue weighted by Gasteiger charge is -2.26. The molecule has 1 saturated heterocycles. The van der Waals surface area contributed by atoms with Crippen LogP contribution in [-0.2, 0) is 0 Å². The van der Waals surface area contributed by atoms with Gasteiger partial charge in [0.2, 0.25) is 0 Å². The molecular formula is C12H26N2O. The van der Waals surface area contributed by atoms with Gasteiger partial charge in [-0.1, -0.05) is 27.2 Å². The molecule has 1 fully saturated rings. The predicted molar refractivity (Wildman–Crippen MR) is 64.0 cm³/mol. The number of likely N-dealkylation sites (N-methyl/N-ethyl adjacent to an activating group) is 1. The molecule has 0 amide bonds. The lowest BCUT2D eigenvalue weighted by Crippen LogP contribution is -2.39. The molecule has 3 heteroatoms. The van der Waals surface area contributed by atoms with Crippen LogP contribution < -0.4 is 5.32 Å². The van der Waals surface area contributed by atoms with Gasteiger partial charge in [0, 0.05) is 25.7 Å². The summed E-state index contributed by atoms with van der Waals surface area (Å²) in [4.78, 5) is 2.49. The SMILES string of the molecule is CCC(C)CN(CC)CC1CC(O)CN1. The van der Waals surface area contributed by atoms with Crippen molar-refractivity contribution in [3.8, 4) is 0 Å². The third kappa shape index (κ3) is 4.49. The summed E-state index contributed by atoms with van der Waals surface area (Å²) in [5.74, 6) is 0.774. The van der Waals surface area contributed by atoms with Crippen LogP contribution in [0.25, 0.3) is 0 Å². The van der Waals surface area contributed by atoms with E-state index in [1.165, 1.54) is 13.0 Å². The van der Waals surface area contributed by atoms with Gasteiger partial charge in [0.05, 0.1) is 6.10 Å². The maximum Gasteiger partial charge on any atom is 0.0680 e. The highest BCUT2D eigenvalue weighted by atomic mass is 16.3. The van der Waals surface area contributed by atoms with Crippen LogP contribution >= 0.6 is 0 Å². The molecular weight excluding hydrogens is 188 g/mol. The molecule has 15 heavy (non-hydrogen) atoms. The quantitative estimate of drug-likeness (QED) is 0.694. The highest BCUT2D eigenvalue weighted by Crippen LogP contribution is 2.10. The molecule has 3 nitrogen and oxygen atoms in total. The van der Waals surface area contributed by atoms with Crippen molar-refractivity contribution in [3.05, 3.63) is 0 Å². The first-order valence-electron chi connectivity index (χ1n) is 6.29. The van der Waals surface area contributed by atoms with Gasteiger partial charge >= 0.3 is 0 Å². The first kappa shape index (κ1) is 12.9. The van der Waals surface area contributed by atoms with E-state index in [1.807, 2.05) is 0 Å². The summed E-state index contributed by atoms with van der Waals surface area (Å²) in [5, 5.41) is 12.8. The van der Waals surface area contributed by atoms with E-state index in [4.69, 9.17) is 0 Å². The normalized spacial score (nSPS) is 28.6. The van der Waals surface area contributed by atoms with Gasteiger partial charge in [-0.15, -0.1) is 0 Å². The third-order valence-corrected chi connectivity index (χ3v) is 3.39. The Bertz CT molecular complexity index is 175. The molecule has 1 heterocycles. The van der Waals surface area contributed by atoms with E-state index in [0.29, 0.717) is 6.04 Å². The Morgan fingerprint density at radius 1 is 1.47 bits per heavy atom. The van der Waals surface area contributed by atoms with E-state index in [-0.39, 0.29) is 6.10 Å². The summed E-state index contributed by atoms with van der Waals surface area (Å²) < 4.78 is 0. The number of β-amino-alcohol motifs (C(OH)–C–C–N with tert-alkyl or cyclic N) is 1. The molecule has 3 atom stereocenters. The van der Waals surface area contributed by atoms with Crippen molar-refractivity contribution in [2.45, 2.75) is 45.8 Å². The molecule has 1 aliphatic heterocycles. The lowest BCUT2D eigenvalue weighted by atomic mass is 10.1. The minimum absolute atomic E-state index is 0.127. The highest BCUT2D eigenvalue weighted by Gasteiger charge is 2.23. The van der Waals surface area contributed by atoms with Gasteiger partial charge in [0.15, 0.2) is 0 Å². The van der Waals surface area contributed by atoms with Crippen LogP contribution in [-0.4, -0.2) is 48.3 Å². The van der Waals surface area contributed by atoms with Crippen LogP contribution in [0.3, 0.4) is 0 Å². The van der Waals surface area contributed by atoms with Crippen molar-refractivity contribution in [3.63, 3.8) is 0 Å². The van der Waals surface area contributed by atoms with Gasteiger partial charge in [-0.2, -0.15) is 0 Å². The Morgan fingerprint density at radius 2 is 2.20 bits per heavy atom. The fourth-order valence-electron chi connectivity index (χ4n) is 2.15. The lowest BCUT2D eigenvalue weighted by molar-refractivity contribution is 0.184. The second-order valence-electron chi connectivity index (χ2n) is 4.86. The average molecular weight is 214 g/mol. The Hall–Kier alpha value is -0.120. The minimum Gasteiger partial charge on any atom is -0.392 e. The van der Waals surface area contributed by atoms with E-state index in [2.05, 4.69) is 31.0 Å². The maximum atomic E-state index is 9.43. The van der Waals surface area contributed by atoms with Crippen molar-refractivity contribution >= 4 is 0 Å². The number of hydrogen-bond donors (Lipinski definition) is 2. The maximum absolute atomic E-state index is 9.43. The number of rotatable bonds is 6. The number of nitrogens with zero attached hydrogens (tertiary/aromatic N) is 1. The standard InChI is InChI=1S/C12H26N2O/c1-4-10(3)8-14(5-2)9-11-6-12(15)7-13-11/h10-13,15H,4-9H2,1-3H3. The third-order valence-electron chi connectivity index (χ3n) is 3.39. The molecule has 0 radical (unpaired) electrons. The van der Waals surface area contributed by atoms with Gasteiger partial charge in [0.1, 0.15) is 0 Å². The van der Waals surface area contributed by atoms with Crippen LogP contribution in [0.5, 0.6) is 0 Å². The summed E-state index contributed by atoms with van der Waals surface area (Å²) in [7, 11) is 0. The van der Waals surface area contributed by atoms with Crippen molar-refractivity contribution in [2.75, 3.05) is 26.2 Å². The Morgan fingerprint density at radius 3 is 2.67 bits per heavy atom. The van der Waals surface area contributed by atoms with Gasteiger partial charge in [-0.05, 0) is 18.9 Å². The molecule has 2 N–H and O–H groups in total. The summed E-state index contributed by atoms with van der Waals surface area (Å²) in [5.41, 5.74) is 0. The summed E-state index contributed by atoms with van der Waals surface area (Å²) in [6, 6.07) is 0.490. The summed E-state index contributed by atoms with van der Waals surface area (Å²) >= 11 is 0. The van der Waals surface area contributed by atoms with Crippen molar-refractivity contribution in [2.24, 2.45) is 5.92 Å². The molecule has 1 rings (SSSR count). The van der Waals surface area contributed by atoms with E-state index in [0.717, 1.165) is 32.0 Å². The van der Waals surface area contributed by atoms with Gasteiger partial charge < -0.3 is 15.3 Å². The van der Waals surface area contributed by atoms with E-state index >= 15 is 0 Å². The van der Waals surface area contributed by atoms with Crippen LogP contribution in [0.1, 0.15) is 33.6 Å². The summed E-state index contributed by atoms with van der Waals surface area (Å²) in [6.07, 6.45) is 2.03. The predicted octanol–water partition coefficient (Wildman–Crippen LogP) is 1.08. The zero-order valence-electron chi connectivity index (χ0n) is 10.4. The molecule has 0 spiro atoms. The van der Waals surface area contributed by atoms with Crippen LogP contribution in [0, 0.1) is 5.92 Å². The van der Waals surface area contributed by atoms with Gasteiger partial charge in [-0.3, -0.25) is 0 Å². The fraction of sp³-hybridized carbons (Fsp3) is 1.00. The molecule has 1 aliphatic rings. The van der Waals surface area contributed by atoms with Gasteiger partial charge in [0.25, 0.3) is 0 Å². The van der Waals surface area contributed by atoms with Crippen LogP contribution in [0.4, 0.5) is 0 Å². The van der Waals surface area contributed by atoms with Crippen molar-refractivity contribution < 1.29 is 5.11 Å². The minimum atomic E-state index is -0.127. The zero-order valence-corrected chi connectivity index (χ0v) is 10.4. The number of nitrogens with one attached hydrogen (secondary N) is 1. The molecule has 3 unspecified atom stereocenters. The molecule has 0 bridgehead atoms. The van der Waals surface area contributed by atoms with Crippen molar-refractivity contribution in [1.29, 1.82) is 0 Å². The second-order valence-corrected chi connectivity index (χ2v) is 4.86. The zero-order chi connectivity index (χ0) is 11.3. The molecule has 0 aromatic carbocycles. The molecule has 0 saturated carbocycles. The topological polar surface area (TPSA) is 35.5 Å². The Labute approximate surface area is 93.9 Å². The molecule has 90 valence electrons. The average Bonchev–Trinajstić information content (AvgIpc) is 2.62. The Kier molecular flexibility index (Phi) is 5.58. The monoisotopic (exact) mass is 214 g/mol. The molecule has 0 aromatic heterocycles. The van der Waals surface area contributed by atoms with Crippen LogP contribution in [0.15, 0.2) is 0 Å².